The van der Waals surface area contributed by atoms with Crippen LogP contribution in [0.15, 0.2) is 24.3 Å². The molecule has 114 valence electrons. The maximum Gasteiger partial charge on any atom is 0.326 e. The fourth-order valence-corrected chi connectivity index (χ4v) is 2.85. The van der Waals surface area contributed by atoms with Crippen LogP contribution in [-0.4, -0.2) is 34.5 Å². The lowest BCUT2D eigenvalue weighted by atomic mass is 9.95. The first-order valence-electron chi connectivity index (χ1n) is 7.27. The van der Waals surface area contributed by atoms with Gasteiger partial charge in [0.25, 0.3) is 0 Å². The number of benzene rings is 1. The van der Waals surface area contributed by atoms with E-state index >= 15 is 0 Å². The standard InChI is InChI=1S/C16H20FNO3/c1-11(12-6-2-3-7-13(12)17)10-15(19)18-9-5-4-8-14(18)16(20)21/h2-3,6-7,11,14H,4-5,8-10H2,1H3,(H,20,21). The predicted octanol–water partition coefficient (Wildman–Crippen LogP) is 2.79. The molecule has 1 aliphatic rings. The van der Waals surface area contributed by atoms with Crippen molar-refractivity contribution in [3.05, 3.63) is 35.6 Å². The van der Waals surface area contributed by atoms with Crippen LogP contribution in [0.4, 0.5) is 4.39 Å². The molecule has 1 aromatic rings. The van der Waals surface area contributed by atoms with Gasteiger partial charge in [-0.25, -0.2) is 9.18 Å². The Labute approximate surface area is 123 Å². The minimum absolute atomic E-state index is 0.130. The molecule has 2 rings (SSSR count). The molecule has 1 fully saturated rings. The number of nitrogens with zero attached hydrogens (tertiary/aromatic N) is 1. The fraction of sp³-hybridized carbons (Fsp3) is 0.500. The third-order valence-electron chi connectivity index (χ3n) is 4.03. The summed E-state index contributed by atoms with van der Waals surface area (Å²) in [5.41, 5.74) is 0.495. The molecular weight excluding hydrogens is 273 g/mol. The highest BCUT2D eigenvalue weighted by Crippen LogP contribution is 2.25. The van der Waals surface area contributed by atoms with Gasteiger partial charge in [-0.3, -0.25) is 4.79 Å². The van der Waals surface area contributed by atoms with Crippen LogP contribution in [0.25, 0.3) is 0 Å². The zero-order valence-electron chi connectivity index (χ0n) is 12.1. The molecule has 4 nitrogen and oxygen atoms in total. The molecule has 0 saturated carbocycles. The second kappa shape index (κ2) is 6.70. The summed E-state index contributed by atoms with van der Waals surface area (Å²) in [7, 11) is 0. The molecule has 5 heteroatoms. The van der Waals surface area contributed by atoms with Gasteiger partial charge in [0, 0.05) is 13.0 Å². The van der Waals surface area contributed by atoms with Crippen molar-refractivity contribution < 1.29 is 19.1 Å². The van der Waals surface area contributed by atoms with E-state index in [1.54, 1.807) is 25.1 Å². The Morgan fingerprint density at radius 3 is 2.76 bits per heavy atom. The van der Waals surface area contributed by atoms with Crippen LogP contribution in [0.3, 0.4) is 0 Å². The molecule has 0 aromatic heterocycles. The number of aliphatic carboxylic acids is 1. The van der Waals surface area contributed by atoms with E-state index in [1.165, 1.54) is 11.0 Å². The summed E-state index contributed by atoms with van der Waals surface area (Å²) in [6.45, 7) is 2.26. The van der Waals surface area contributed by atoms with Crippen molar-refractivity contribution in [2.45, 2.75) is 44.6 Å². The van der Waals surface area contributed by atoms with Gasteiger partial charge in [0.2, 0.25) is 5.91 Å². The zero-order chi connectivity index (χ0) is 15.4. The third-order valence-corrected chi connectivity index (χ3v) is 4.03. The lowest BCUT2D eigenvalue weighted by Crippen LogP contribution is -2.48. The molecule has 2 unspecified atom stereocenters. The first-order valence-corrected chi connectivity index (χ1v) is 7.27. The summed E-state index contributed by atoms with van der Waals surface area (Å²) >= 11 is 0. The van der Waals surface area contributed by atoms with Crippen molar-refractivity contribution >= 4 is 11.9 Å². The Morgan fingerprint density at radius 1 is 1.38 bits per heavy atom. The molecule has 1 heterocycles. The van der Waals surface area contributed by atoms with E-state index in [9.17, 15) is 19.1 Å². The molecule has 1 aliphatic heterocycles. The number of carbonyl (C=O) groups is 2. The molecule has 1 N–H and O–H groups in total. The Morgan fingerprint density at radius 2 is 2.10 bits per heavy atom. The second-order valence-electron chi connectivity index (χ2n) is 5.56. The van der Waals surface area contributed by atoms with Crippen LogP contribution in [-0.2, 0) is 9.59 Å². The smallest absolute Gasteiger partial charge is 0.326 e. The topological polar surface area (TPSA) is 57.6 Å². The predicted molar refractivity (Wildman–Crippen MR) is 76.4 cm³/mol. The Balaban J connectivity index is 2.06. The first-order chi connectivity index (χ1) is 10.0. The fourth-order valence-electron chi connectivity index (χ4n) is 2.85. The zero-order valence-corrected chi connectivity index (χ0v) is 12.1. The molecule has 2 atom stereocenters. The Kier molecular flexibility index (Phi) is 4.94. The van der Waals surface area contributed by atoms with E-state index in [1.807, 2.05) is 0 Å². The number of piperidine rings is 1. The minimum Gasteiger partial charge on any atom is -0.480 e. The van der Waals surface area contributed by atoms with Gasteiger partial charge < -0.3 is 10.0 Å². The molecule has 0 radical (unpaired) electrons. The van der Waals surface area contributed by atoms with Crippen LogP contribution in [0, 0.1) is 5.82 Å². The van der Waals surface area contributed by atoms with Gasteiger partial charge in [-0.15, -0.1) is 0 Å². The number of amides is 1. The number of halogens is 1. The summed E-state index contributed by atoms with van der Waals surface area (Å²) in [4.78, 5) is 25.0. The van der Waals surface area contributed by atoms with E-state index in [0.717, 1.165) is 12.8 Å². The lowest BCUT2D eigenvalue weighted by molar-refractivity contribution is -0.152. The van der Waals surface area contributed by atoms with Gasteiger partial charge in [-0.05, 0) is 36.8 Å². The van der Waals surface area contributed by atoms with Crippen molar-refractivity contribution in [3.63, 3.8) is 0 Å². The number of carbonyl (C=O) groups excluding carboxylic acids is 1. The SMILES string of the molecule is CC(CC(=O)N1CCCCC1C(=O)O)c1ccccc1F. The van der Waals surface area contributed by atoms with Crippen LogP contribution >= 0.6 is 0 Å². The average Bonchev–Trinajstić information content (AvgIpc) is 2.47. The first kappa shape index (κ1) is 15.5. The number of carboxylic acid groups (broad SMARTS) is 1. The molecular formula is C16H20FNO3. The van der Waals surface area contributed by atoms with Crippen molar-refractivity contribution in [1.29, 1.82) is 0 Å². The molecule has 1 aromatic carbocycles. The highest BCUT2D eigenvalue weighted by Gasteiger charge is 2.32. The van der Waals surface area contributed by atoms with Crippen molar-refractivity contribution in [1.82, 2.24) is 4.90 Å². The van der Waals surface area contributed by atoms with Crippen molar-refractivity contribution in [2.24, 2.45) is 0 Å². The number of rotatable bonds is 4. The maximum atomic E-state index is 13.7. The second-order valence-corrected chi connectivity index (χ2v) is 5.56. The van der Waals surface area contributed by atoms with Crippen LogP contribution < -0.4 is 0 Å². The van der Waals surface area contributed by atoms with E-state index < -0.39 is 12.0 Å². The Bertz CT molecular complexity index is 532. The molecule has 0 aliphatic carbocycles. The quantitative estimate of drug-likeness (QED) is 0.928. The lowest BCUT2D eigenvalue weighted by Gasteiger charge is -2.33. The van der Waals surface area contributed by atoms with Gasteiger partial charge >= 0.3 is 5.97 Å². The van der Waals surface area contributed by atoms with E-state index in [4.69, 9.17) is 0 Å². The van der Waals surface area contributed by atoms with Gasteiger partial charge in [-0.1, -0.05) is 25.1 Å². The van der Waals surface area contributed by atoms with Crippen molar-refractivity contribution in [2.75, 3.05) is 6.54 Å². The van der Waals surface area contributed by atoms with Crippen LogP contribution in [0.1, 0.15) is 44.1 Å². The number of hydrogen-bond donors (Lipinski definition) is 1. The summed E-state index contributed by atoms with van der Waals surface area (Å²) in [6, 6.07) is 5.65. The van der Waals surface area contributed by atoms with Gasteiger partial charge in [0.15, 0.2) is 0 Å². The molecule has 1 saturated heterocycles. The van der Waals surface area contributed by atoms with Gasteiger partial charge in [-0.2, -0.15) is 0 Å². The van der Waals surface area contributed by atoms with Crippen LogP contribution in [0.5, 0.6) is 0 Å². The van der Waals surface area contributed by atoms with E-state index in [2.05, 4.69) is 0 Å². The monoisotopic (exact) mass is 293 g/mol. The Hall–Kier alpha value is -1.91. The summed E-state index contributed by atoms with van der Waals surface area (Å²) < 4.78 is 13.7. The number of likely N-dealkylation sites (tertiary alicyclic amines) is 1. The molecule has 0 spiro atoms. The highest BCUT2D eigenvalue weighted by atomic mass is 19.1. The van der Waals surface area contributed by atoms with Crippen molar-refractivity contribution in [3.8, 4) is 0 Å². The van der Waals surface area contributed by atoms with Gasteiger partial charge in [0.05, 0.1) is 0 Å². The number of carboxylic acids is 1. The summed E-state index contributed by atoms with van der Waals surface area (Å²) in [5, 5.41) is 9.20. The molecule has 21 heavy (non-hydrogen) atoms. The number of hydrogen-bond acceptors (Lipinski definition) is 2. The van der Waals surface area contributed by atoms with E-state index in [0.29, 0.717) is 18.5 Å². The third kappa shape index (κ3) is 3.60. The summed E-state index contributed by atoms with van der Waals surface area (Å²) in [6.07, 6.45) is 2.27. The van der Waals surface area contributed by atoms with Crippen LogP contribution in [0.2, 0.25) is 0 Å². The average molecular weight is 293 g/mol. The highest BCUT2D eigenvalue weighted by molar-refractivity contribution is 5.84. The minimum atomic E-state index is -0.957. The largest absolute Gasteiger partial charge is 0.480 e. The normalized spacial score (nSPS) is 20.1. The summed E-state index contributed by atoms with van der Waals surface area (Å²) in [5.74, 6) is -1.76. The maximum absolute atomic E-state index is 13.7. The van der Waals surface area contributed by atoms with Gasteiger partial charge in [0.1, 0.15) is 11.9 Å². The molecule has 1 amide bonds. The molecule has 0 bridgehead atoms. The van der Waals surface area contributed by atoms with E-state index in [-0.39, 0.29) is 24.1 Å².